The van der Waals surface area contributed by atoms with E-state index in [4.69, 9.17) is 27.9 Å². The van der Waals surface area contributed by atoms with Crippen LogP contribution >= 0.6 is 23.2 Å². The van der Waals surface area contributed by atoms with Gasteiger partial charge in [-0.05, 0) is 30.3 Å². The molecule has 0 unspecified atom stereocenters. The smallest absolute Gasteiger partial charge is 0.252 e. The van der Waals surface area contributed by atoms with Crippen molar-refractivity contribution in [3.8, 4) is 5.75 Å². The van der Waals surface area contributed by atoms with Gasteiger partial charge < -0.3 is 20.3 Å². The van der Waals surface area contributed by atoms with E-state index in [0.29, 0.717) is 28.6 Å². The molecule has 0 radical (unpaired) electrons. The number of halogens is 2. The molecule has 7 nitrogen and oxygen atoms in total. The summed E-state index contributed by atoms with van der Waals surface area (Å²) in [5.74, 6) is -0.511. The molecule has 2 N–H and O–H groups in total. The van der Waals surface area contributed by atoms with Crippen LogP contribution in [0.15, 0.2) is 42.5 Å². The molecule has 1 fully saturated rings. The van der Waals surface area contributed by atoms with Gasteiger partial charge in [0.2, 0.25) is 11.8 Å². The summed E-state index contributed by atoms with van der Waals surface area (Å²) in [5, 5.41) is 6.15. The maximum Gasteiger partial charge on any atom is 0.252 e. The number of hydrogen-bond donors (Lipinski definition) is 2. The molecule has 3 amide bonds. The first-order chi connectivity index (χ1) is 14.4. The second-order valence-corrected chi connectivity index (χ2v) is 7.62. The Morgan fingerprint density at radius 2 is 1.90 bits per heavy atom. The van der Waals surface area contributed by atoms with E-state index in [1.807, 2.05) is 0 Å². The molecule has 3 rings (SSSR count). The van der Waals surface area contributed by atoms with Crippen molar-refractivity contribution >= 4 is 46.6 Å². The van der Waals surface area contributed by atoms with Gasteiger partial charge in [-0.2, -0.15) is 0 Å². The number of nitrogens with zero attached hydrogens (tertiary/aromatic N) is 1. The summed E-state index contributed by atoms with van der Waals surface area (Å²) >= 11 is 11.8. The van der Waals surface area contributed by atoms with Crippen LogP contribution in [0.5, 0.6) is 5.75 Å². The van der Waals surface area contributed by atoms with Crippen molar-refractivity contribution in [1.29, 1.82) is 0 Å². The zero-order chi connectivity index (χ0) is 21.7. The van der Waals surface area contributed by atoms with Gasteiger partial charge in [-0.1, -0.05) is 29.3 Å². The van der Waals surface area contributed by atoms with Gasteiger partial charge in [0.25, 0.3) is 5.91 Å². The highest BCUT2D eigenvalue weighted by atomic mass is 35.5. The SMILES string of the molecule is COc1cccc(N2C[C@@H](C(=O)NCCNC(=O)c3ccc(Cl)cc3Cl)CC2=O)c1. The summed E-state index contributed by atoms with van der Waals surface area (Å²) in [6.45, 7) is 0.758. The first kappa shape index (κ1) is 21.9. The minimum absolute atomic E-state index is 0.117. The second-order valence-electron chi connectivity index (χ2n) is 6.78. The molecule has 1 heterocycles. The molecule has 1 aliphatic rings. The van der Waals surface area contributed by atoms with Crippen molar-refractivity contribution in [2.45, 2.75) is 6.42 Å². The fourth-order valence-electron chi connectivity index (χ4n) is 3.19. The van der Waals surface area contributed by atoms with Crippen LogP contribution in [0.1, 0.15) is 16.8 Å². The summed E-state index contributed by atoms with van der Waals surface area (Å²) in [6.07, 6.45) is 0.135. The Morgan fingerprint density at radius 3 is 2.63 bits per heavy atom. The first-order valence-corrected chi connectivity index (χ1v) is 10.1. The summed E-state index contributed by atoms with van der Waals surface area (Å²) in [4.78, 5) is 38.5. The number of hydrogen-bond acceptors (Lipinski definition) is 4. The number of carbonyl (C=O) groups excluding carboxylic acids is 3. The van der Waals surface area contributed by atoms with Gasteiger partial charge in [0.1, 0.15) is 5.75 Å². The summed E-state index contributed by atoms with van der Waals surface area (Å²) < 4.78 is 5.19. The van der Waals surface area contributed by atoms with E-state index in [2.05, 4.69) is 10.6 Å². The first-order valence-electron chi connectivity index (χ1n) is 9.34. The molecule has 0 spiro atoms. The average Bonchev–Trinajstić information content (AvgIpc) is 3.12. The van der Waals surface area contributed by atoms with E-state index in [0.717, 1.165) is 0 Å². The van der Waals surface area contributed by atoms with Gasteiger partial charge in [0, 0.05) is 42.8 Å². The predicted octanol–water partition coefficient (Wildman–Crippen LogP) is 2.90. The lowest BCUT2D eigenvalue weighted by atomic mass is 10.1. The Bertz CT molecular complexity index is 967. The molecular weight excluding hydrogens is 429 g/mol. The Morgan fingerprint density at radius 1 is 1.13 bits per heavy atom. The number of amides is 3. The third kappa shape index (κ3) is 5.23. The van der Waals surface area contributed by atoms with Crippen molar-refractivity contribution in [2.24, 2.45) is 5.92 Å². The van der Waals surface area contributed by atoms with Gasteiger partial charge in [-0.25, -0.2) is 0 Å². The third-order valence-electron chi connectivity index (χ3n) is 4.75. The molecule has 0 aliphatic carbocycles. The van der Waals surface area contributed by atoms with E-state index in [9.17, 15) is 14.4 Å². The average molecular weight is 450 g/mol. The zero-order valence-electron chi connectivity index (χ0n) is 16.3. The second kappa shape index (κ2) is 9.82. The van der Waals surface area contributed by atoms with Crippen LogP contribution in [0.4, 0.5) is 5.69 Å². The van der Waals surface area contributed by atoms with Gasteiger partial charge in [-0.15, -0.1) is 0 Å². The molecule has 1 atom stereocenters. The van der Waals surface area contributed by atoms with Crippen LogP contribution < -0.4 is 20.3 Å². The Kier molecular flexibility index (Phi) is 7.18. The van der Waals surface area contributed by atoms with Crippen molar-refractivity contribution in [3.63, 3.8) is 0 Å². The molecule has 1 aliphatic heterocycles. The summed E-state index contributed by atoms with van der Waals surface area (Å²) in [7, 11) is 1.56. The Hall–Kier alpha value is -2.77. The highest BCUT2D eigenvalue weighted by Gasteiger charge is 2.35. The molecule has 9 heteroatoms. The summed E-state index contributed by atoms with van der Waals surface area (Å²) in [5.41, 5.74) is 1.00. The van der Waals surface area contributed by atoms with Crippen LogP contribution in [-0.2, 0) is 9.59 Å². The third-order valence-corrected chi connectivity index (χ3v) is 5.29. The number of nitrogens with one attached hydrogen (secondary N) is 2. The lowest BCUT2D eigenvalue weighted by molar-refractivity contribution is -0.126. The van der Waals surface area contributed by atoms with Gasteiger partial charge in [-0.3, -0.25) is 14.4 Å². The van der Waals surface area contributed by atoms with Crippen molar-refractivity contribution < 1.29 is 19.1 Å². The molecule has 1 saturated heterocycles. The monoisotopic (exact) mass is 449 g/mol. The van der Waals surface area contributed by atoms with Crippen LogP contribution in [-0.4, -0.2) is 44.5 Å². The molecule has 0 bridgehead atoms. The fraction of sp³-hybridized carbons (Fsp3) is 0.286. The predicted molar refractivity (Wildman–Crippen MR) is 115 cm³/mol. The van der Waals surface area contributed by atoms with E-state index < -0.39 is 5.92 Å². The highest BCUT2D eigenvalue weighted by molar-refractivity contribution is 6.36. The minimum Gasteiger partial charge on any atom is -0.497 e. The lowest BCUT2D eigenvalue weighted by Gasteiger charge is -2.17. The molecule has 30 heavy (non-hydrogen) atoms. The normalized spacial score (nSPS) is 15.8. The number of ether oxygens (including phenoxy) is 1. The van der Waals surface area contributed by atoms with Crippen molar-refractivity contribution in [2.75, 3.05) is 31.6 Å². The quantitative estimate of drug-likeness (QED) is 0.636. The summed E-state index contributed by atoms with van der Waals surface area (Å²) in [6, 6.07) is 11.8. The molecule has 2 aromatic carbocycles. The van der Waals surface area contributed by atoms with Crippen LogP contribution in [0.25, 0.3) is 0 Å². The number of benzene rings is 2. The standard InChI is InChI=1S/C21H21Cl2N3O4/c1-30-16-4-2-3-15(11-16)26-12-13(9-19(26)27)20(28)24-7-8-25-21(29)17-6-5-14(22)10-18(17)23/h2-6,10-11,13H,7-9,12H2,1H3,(H,24,28)(H,25,29)/t13-/m0/s1. The van der Waals surface area contributed by atoms with E-state index in [-0.39, 0.29) is 42.3 Å². The molecule has 0 aromatic heterocycles. The molecule has 0 saturated carbocycles. The molecular formula is C21H21Cl2N3O4. The number of carbonyl (C=O) groups is 3. The van der Waals surface area contributed by atoms with E-state index in [1.54, 1.807) is 42.3 Å². The number of rotatable bonds is 7. The van der Waals surface area contributed by atoms with Gasteiger partial charge in [0.15, 0.2) is 0 Å². The molecule has 158 valence electrons. The van der Waals surface area contributed by atoms with Crippen LogP contribution in [0.2, 0.25) is 10.0 Å². The minimum atomic E-state index is -0.454. The topological polar surface area (TPSA) is 87.7 Å². The molecule has 2 aromatic rings. The zero-order valence-corrected chi connectivity index (χ0v) is 17.8. The maximum absolute atomic E-state index is 12.4. The maximum atomic E-state index is 12.4. The fourth-order valence-corrected chi connectivity index (χ4v) is 3.68. The van der Waals surface area contributed by atoms with Crippen molar-refractivity contribution in [1.82, 2.24) is 10.6 Å². The highest BCUT2D eigenvalue weighted by Crippen LogP contribution is 2.28. The van der Waals surface area contributed by atoms with Crippen LogP contribution in [0.3, 0.4) is 0 Å². The van der Waals surface area contributed by atoms with Gasteiger partial charge >= 0.3 is 0 Å². The largest absolute Gasteiger partial charge is 0.497 e. The van der Waals surface area contributed by atoms with Crippen molar-refractivity contribution in [3.05, 3.63) is 58.1 Å². The number of anilines is 1. The Balaban J connectivity index is 1.47. The Labute approximate surface area is 184 Å². The van der Waals surface area contributed by atoms with Crippen LogP contribution in [0, 0.1) is 5.92 Å². The van der Waals surface area contributed by atoms with E-state index >= 15 is 0 Å². The van der Waals surface area contributed by atoms with Gasteiger partial charge in [0.05, 0.1) is 23.6 Å². The number of methoxy groups -OCH3 is 1. The lowest BCUT2D eigenvalue weighted by Crippen LogP contribution is -2.38. The van der Waals surface area contributed by atoms with E-state index in [1.165, 1.54) is 12.1 Å².